The van der Waals surface area contributed by atoms with Crippen LogP contribution in [0.2, 0.25) is 0 Å². The number of aryl methyl sites for hydroxylation is 1. The molecule has 0 bridgehead atoms. The Bertz CT molecular complexity index is 370. The summed E-state index contributed by atoms with van der Waals surface area (Å²) in [5.74, 6) is 0.125. The van der Waals surface area contributed by atoms with Crippen LogP contribution in [0.1, 0.15) is 25.0 Å². The Morgan fingerprint density at radius 1 is 1.53 bits per heavy atom. The predicted molar refractivity (Wildman–Crippen MR) is 65.6 cm³/mol. The van der Waals surface area contributed by atoms with Crippen LogP contribution in [0, 0.1) is 0 Å². The van der Waals surface area contributed by atoms with E-state index in [1.54, 1.807) is 6.20 Å². The Morgan fingerprint density at radius 3 is 3.00 bits per heavy atom. The lowest BCUT2D eigenvalue weighted by atomic mass is 10.3. The van der Waals surface area contributed by atoms with Crippen molar-refractivity contribution >= 4 is 5.91 Å². The van der Waals surface area contributed by atoms with Gasteiger partial charge in [-0.3, -0.25) is 9.48 Å². The van der Waals surface area contributed by atoms with E-state index in [0.717, 1.165) is 18.7 Å². The molecule has 1 aromatic rings. The molecule has 1 amide bonds. The van der Waals surface area contributed by atoms with Crippen LogP contribution in [0.25, 0.3) is 0 Å². The molecule has 1 aliphatic carbocycles. The Kier molecular flexibility index (Phi) is 4.14. The molecule has 1 saturated carbocycles. The number of amides is 1. The van der Waals surface area contributed by atoms with Crippen LogP contribution in [0.4, 0.5) is 0 Å². The number of nitrogens with zero attached hydrogens (tertiary/aromatic N) is 2. The Morgan fingerprint density at radius 2 is 2.35 bits per heavy atom. The first kappa shape index (κ1) is 12.1. The summed E-state index contributed by atoms with van der Waals surface area (Å²) >= 11 is 0. The molecular weight excluding hydrogens is 216 g/mol. The van der Waals surface area contributed by atoms with Gasteiger partial charge in [-0.25, -0.2) is 0 Å². The van der Waals surface area contributed by atoms with Crippen molar-refractivity contribution in [2.45, 2.75) is 31.7 Å². The second-order valence-corrected chi connectivity index (χ2v) is 4.52. The van der Waals surface area contributed by atoms with Crippen molar-refractivity contribution in [2.24, 2.45) is 7.05 Å². The van der Waals surface area contributed by atoms with Crippen LogP contribution < -0.4 is 10.6 Å². The van der Waals surface area contributed by atoms with Crippen molar-refractivity contribution in [1.29, 1.82) is 0 Å². The maximum Gasteiger partial charge on any atom is 0.221 e. The molecule has 0 saturated heterocycles. The fraction of sp³-hybridized carbons (Fsp3) is 0.667. The fourth-order valence-corrected chi connectivity index (χ4v) is 1.74. The number of carbonyl (C=O) groups is 1. The van der Waals surface area contributed by atoms with Gasteiger partial charge in [-0.2, -0.15) is 5.10 Å². The average molecular weight is 236 g/mol. The van der Waals surface area contributed by atoms with Gasteiger partial charge in [0.25, 0.3) is 0 Å². The topological polar surface area (TPSA) is 59.0 Å². The van der Waals surface area contributed by atoms with Gasteiger partial charge in [0.1, 0.15) is 0 Å². The monoisotopic (exact) mass is 236 g/mol. The van der Waals surface area contributed by atoms with Crippen LogP contribution in [0.15, 0.2) is 12.3 Å². The van der Waals surface area contributed by atoms with E-state index in [9.17, 15) is 4.79 Å². The quantitative estimate of drug-likeness (QED) is 0.712. The maximum atomic E-state index is 11.5. The number of rotatable bonds is 7. The lowest BCUT2D eigenvalue weighted by Gasteiger charge is -2.06. The fourth-order valence-electron chi connectivity index (χ4n) is 1.74. The minimum absolute atomic E-state index is 0.125. The van der Waals surface area contributed by atoms with Gasteiger partial charge < -0.3 is 10.6 Å². The molecule has 2 N–H and O–H groups in total. The summed E-state index contributed by atoms with van der Waals surface area (Å²) < 4.78 is 1.83. The molecule has 0 spiro atoms. The molecule has 1 fully saturated rings. The van der Waals surface area contributed by atoms with E-state index < -0.39 is 0 Å². The third-order valence-corrected chi connectivity index (χ3v) is 2.99. The average Bonchev–Trinajstić information content (AvgIpc) is 3.03. The summed E-state index contributed by atoms with van der Waals surface area (Å²) in [5.41, 5.74) is 1.14. The van der Waals surface area contributed by atoms with Crippen molar-refractivity contribution in [3.8, 4) is 0 Å². The number of hydrogen-bond acceptors (Lipinski definition) is 3. The second-order valence-electron chi connectivity index (χ2n) is 4.52. The van der Waals surface area contributed by atoms with Gasteiger partial charge >= 0.3 is 0 Å². The highest BCUT2D eigenvalue weighted by atomic mass is 16.1. The first-order valence-electron chi connectivity index (χ1n) is 6.22. The van der Waals surface area contributed by atoms with E-state index in [4.69, 9.17) is 0 Å². The Labute approximate surface area is 102 Å². The van der Waals surface area contributed by atoms with Crippen LogP contribution in [-0.2, 0) is 18.3 Å². The SMILES string of the molecule is Cn1nccc1CCNC(=O)CCNC1CC1. The largest absolute Gasteiger partial charge is 0.356 e. The van der Waals surface area contributed by atoms with Crippen molar-refractivity contribution < 1.29 is 4.79 Å². The van der Waals surface area contributed by atoms with Crippen LogP contribution in [-0.4, -0.2) is 34.8 Å². The van der Waals surface area contributed by atoms with Gasteiger partial charge in [0.05, 0.1) is 0 Å². The molecule has 2 rings (SSSR count). The summed E-state index contributed by atoms with van der Waals surface area (Å²) in [4.78, 5) is 11.5. The van der Waals surface area contributed by atoms with Crippen molar-refractivity contribution in [1.82, 2.24) is 20.4 Å². The summed E-state index contributed by atoms with van der Waals surface area (Å²) in [6.07, 6.45) is 5.71. The molecule has 1 aromatic heterocycles. The van der Waals surface area contributed by atoms with Gasteiger partial charge in [0.2, 0.25) is 5.91 Å². The number of carbonyl (C=O) groups excluding carboxylic acids is 1. The minimum atomic E-state index is 0.125. The molecule has 5 heteroatoms. The zero-order chi connectivity index (χ0) is 12.1. The van der Waals surface area contributed by atoms with Gasteiger partial charge in [-0.1, -0.05) is 0 Å². The van der Waals surface area contributed by atoms with Crippen molar-refractivity contribution in [3.05, 3.63) is 18.0 Å². The molecule has 0 aliphatic heterocycles. The van der Waals surface area contributed by atoms with Crippen LogP contribution in [0.5, 0.6) is 0 Å². The molecule has 1 aliphatic rings. The highest BCUT2D eigenvalue weighted by molar-refractivity contribution is 5.76. The molecule has 0 atom stereocenters. The van der Waals surface area contributed by atoms with Crippen LogP contribution in [0.3, 0.4) is 0 Å². The maximum absolute atomic E-state index is 11.5. The van der Waals surface area contributed by atoms with E-state index in [1.165, 1.54) is 12.8 Å². The van der Waals surface area contributed by atoms with E-state index in [0.29, 0.717) is 19.0 Å². The third-order valence-electron chi connectivity index (χ3n) is 2.99. The molecule has 94 valence electrons. The molecule has 0 aromatic carbocycles. The van der Waals surface area contributed by atoms with Gasteiger partial charge in [-0.15, -0.1) is 0 Å². The van der Waals surface area contributed by atoms with E-state index in [-0.39, 0.29) is 5.91 Å². The summed E-state index contributed by atoms with van der Waals surface area (Å²) in [5, 5.41) is 10.3. The first-order valence-corrected chi connectivity index (χ1v) is 6.22. The van der Waals surface area contributed by atoms with E-state index in [1.807, 2.05) is 17.8 Å². The zero-order valence-corrected chi connectivity index (χ0v) is 10.3. The molecule has 17 heavy (non-hydrogen) atoms. The molecule has 0 unspecified atom stereocenters. The number of nitrogens with one attached hydrogen (secondary N) is 2. The molecular formula is C12H20N4O. The summed E-state index contributed by atoms with van der Waals surface area (Å²) in [7, 11) is 1.91. The summed E-state index contributed by atoms with van der Waals surface area (Å²) in [6, 6.07) is 2.65. The number of hydrogen-bond donors (Lipinski definition) is 2. The second kappa shape index (κ2) is 5.82. The number of aromatic nitrogens is 2. The lowest BCUT2D eigenvalue weighted by molar-refractivity contribution is -0.120. The highest BCUT2D eigenvalue weighted by Crippen LogP contribution is 2.18. The normalized spacial score (nSPS) is 14.9. The molecule has 1 heterocycles. The standard InChI is InChI=1S/C12H20N4O/c1-16-11(5-9-15-16)4-7-14-12(17)6-8-13-10-2-3-10/h5,9-10,13H,2-4,6-8H2,1H3,(H,14,17). The molecule has 0 radical (unpaired) electrons. The van der Waals surface area contributed by atoms with Crippen LogP contribution >= 0.6 is 0 Å². The Hall–Kier alpha value is -1.36. The minimum Gasteiger partial charge on any atom is -0.356 e. The van der Waals surface area contributed by atoms with Crippen molar-refractivity contribution in [3.63, 3.8) is 0 Å². The molecule has 5 nitrogen and oxygen atoms in total. The zero-order valence-electron chi connectivity index (χ0n) is 10.3. The van der Waals surface area contributed by atoms with Crippen molar-refractivity contribution in [2.75, 3.05) is 13.1 Å². The smallest absolute Gasteiger partial charge is 0.221 e. The third kappa shape index (κ3) is 4.19. The first-order chi connectivity index (χ1) is 8.25. The van der Waals surface area contributed by atoms with Gasteiger partial charge in [-0.05, 0) is 18.9 Å². The van der Waals surface area contributed by atoms with Gasteiger partial charge in [0, 0.05) is 50.9 Å². The van der Waals surface area contributed by atoms with E-state index >= 15 is 0 Å². The predicted octanol–water partition coefficient (Wildman–Crippen LogP) is 0.221. The Balaban J connectivity index is 1.54. The highest BCUT2D eigenvalue weighted by Gasteiger charge is 2.19. The van der Waals surface area contributed by atoms with Gasteiger partial charge in [0.15, 0.2) is 0 Å². The lowest BCUT2D eigenvalue weighted by Crippen LogP contribution is -2.30. The van der Waals surface area contributed by atoms with E-state index in [2.05, 4.69) is 15.7 Å². The summed E-state index contributed by atoms with van der Waals surface area (Å²) in [6.45, 7) is 1.48.